The summed E-state index contributed by atoms with van der Waals surface area (Å²) in [6, 6.07) is 0. The minimum atomic E-state index is -0.130. The van der Waals surface area contributed by atoms with Crippen molar-refractivity contribution in [2.45, 2.75) is 32.7 Å². The van der Waals surface area contributed by atoms with Gasteiger partial charge in [0.1, 0.15) is 0 Å². The van der Waals surface area contributed by atoms with Gasteiger partial charge in [0.05, 0.1) is 5.54 Å². The van der Waals surface area contributed by atoms with E-state index in [1.165, 1.54) is 0 Å². The van der Waals surface area contributed by atoms with E-state index in [1.54, 1.807) is 0 Å². The van der Waals surface area contributed by atoms with E-state index in [0.29, 0.717) is 12.3 Å². The van der Waals surface area contributed by atoms with Crippen LogP contribution in [0.2, 0.25) is 0 Å². The van der Waals surface area contributed by atoms with Gasteiger partial charge >= 0.3 is 0 Å². The van der Waals surface area contributed by atoms with Gasteiger partial charge in [0, 0.05) is 6.42 Å². The minimum Gasteiger partial charge on any atom is -0.347 e. The number of amides is 1. The lowest BCUT2D eigenvalue weighted by Gasteiger charge is -2.34. The van der Waals surface area contributed by atoms with E-state index in [9.17, 15) is 4.79 Å². The van der Waals surface area contributed by atoms with Crippen molar-refractivity contribution in [3.05, 3.63) is 12.2 Å². The molecule has 0 bridgehead atoms. The molecule has 0 saturated heterocycles. The van der Waals surface area contributed by atoms with Gasteiger partial charge < -0.3 is 5.32 Å². The Morgan fingerprint density at radius 3 is 2.64 bits per heavy atom. The van der Waals surface area contributed by atoms with Gasteiger partial charge in [0.2, 0.25) is 5.91 Å². The number of nitrogens with one attached hydrogen (secondary N) is 1. The predicted molar refractivity (Wildman–Crippen MR) is 45.1 cm³/mol. The SMILES string of the molecule is CC(C)C1(C)C=CCC(=O)N1. The molecule has 0 aromatic carbocycles. The zero-order chi connectivity index (χ0) is 8.48. The van der Waals surface area contributed by atoms with Crippen LogP contribution in [0.15, 0.2) is 12.2 Å². The fourth-order valence-electron chi connectivity index (χ4n) is 1.14. The summed E-state index contributed by atoms with van der Waals surface area (Å²) in [6.45, 7) is 6.26. The first-order valence-electron chi connectivity index (χ1n) is 4.03. The summed E-state index contributed by atoms with van der Waals surface area (Å²) in [7, 11) is 0. The van der Waals surface area contributed by atoms with Gasteiger partial charge in [-0.05, 0) is 12.8 Å². The van der Waals surface area contributed by atoms with Crippen molar-refractivity contribution < 1.29 is 4.79 Å². The predicted octanol–water partition coefficient (Wildman–Crippen LogP) is 1.48. The molecule has 1 rings (SSSR count). The van der Waals surface area contributed by atoms with Crippen molar-refractivity contribution in [1.29, 1.82) is 0 Å². The summed E-state index contributed by atoms with van der Waals surface area (Å²) < 4.78 is 0. The number of rotatable bonds is 1. The lowest BCUT2D eigenvalue weighted by molar-refractivity contribution is -0.122. The van der Waals surface area contributed by atoms with Crippen LogP contribution in [0.3, 0.4) is 0 Å². The highest BCUT2D eigenvalue weighted by molar-refractivity contribution is 5.80. The van der Waals surface area contributed by atoms with Crippen LogP contribution in [-0.4, -0.2) is 11.4 Å². The van der Waals surface area contributed by atoms with Crippen molar-refractivity contribution in [3.8, 4) is 0 Å². The third-order valence-electron chi connectivity index (χ3n) is 2.38. The molecule has 1 heterocycles. The van der Waals surface area contributed by atoms with E-state index in [1.807, 2.05) is 13.0 Å². The molecule has 0 radical (unpaired) electrons. The molecule has 0 aromatic heterocycles. The van der Waals surface area contributed by atoms with Gasteiger partial charge in [-0.1, -0.05) is 26.0 Å². The molecule has 0 spiro atoms. The molecular weight excluding hydrogens is 138 g/mol. The van der Waals surface area contributed by atoms with Crippen molar-refractivity contribution in [2.24, 2.45) is 5.92 Å². The first-order valence-corrected chi connectivity index (χ1v) is 4.03. The summed E-state index contributed by atoms with van der Waals surface area (Å²) in [6.07, 6.45) is 4.56. The Hall–Kier alpha value is -0.790. The van der Waals surface area contributed by atoms with Crippen LogP contribution in [0.25, 0.3) is 0 Å². The van der Waals surface area contributed by atoms with Crippen LogP contribution in [0, 0.1) is 5.92 Å². The van der Waals surface area contributed by atoms with Crippen molar-refractivity contribution in [2.75, 3.05) is 0 Å². The van der Waals surface area contributed by atoms with Crippen LogP contribution in [0.5, 0.6) is 0 Å². The van der Waals surface area contributed by atoms with E-state index in [4.69, 9.17) is 0 Å². The van der Waals surface area contributed by atoms with Crippen LogP contribution < -0.4 is 5.32 Å². The molecular formula is C9H15NO. The van der Waals surface area contributed by atoms with Crippen molar-refractivity contribution in [1.82, 2.24) is 5.32 Å². The Morgan fingerprint density at radius 1 is 1.64 bits per heavy atom. The zero-order valence-electron chi connectivity index (χ0n) is 7.35. The smallest absolute Gasteiger partial charge is 0.224 e. The Balaban J connectivity index is 2.78. The molecule has 1 atom stereocenters. The lowest BCUT2D eigenvalue weighted by Crippen LogP contribution is -2.50. The second-order valence-corrected chi connectivity index (χ2v) is 3.59. The molecule has 0 aromatic rings. The van der Waals surface area contributed by atoms with Crippen LogP contribution >= 0.6 is 0 Å². The number of carbonyl (C=O) groups is 1. The highest BCUT2D eigenvalue weighted by Crippen LogP contribution is 2.20. The second kappa shape index (κ2) is 2.68. The van der Waals surface area contributed by atoms with Crippen molar-refractivity contribution in [3.63, 3.8) is 0 Å². The third-order valence-corrected chi connectivity index (χ3v) is 2.38. The van der Waals surface area contributed by atoms with E-state index in [0.717, 1.165) is 0 Å². The Bertz CT molecular complexity index is 196. The molecule has 1 N–H and O–H groups in total. The monoisotopic (exact) mass is 153 g/mol. The summed E-state index contributed by atoms with van der Waals surface area (Å²) in [5.74, 6) is 0.576. The first-order chi connectivity index (χ1) is 5.04. The average molecular weight is 153 g/mol. The first kappa shape index (κ1) is 8.31. The van der Waals surface area contributed by atoms with Crippen LogP contribution in [0.1, 0.15) is 27.2 Å². The zero-order valence-corrected chi connectivity index (χ0v) is 7.35. The highest BCUT2D eigenvalue weighted by atomic mass is 16.1. The van der Waals surface area contributed by atoms with E-state index in [-0.39, 0.29) is 11.4 Å². The Kier molecular flexibility index (Phi) is 2.03. The maximum absolute atomic E-state index is 11.0. The van der Waals surface area contributed by atoms with Gasteiger partial charge in [-0.2, -0.15) is 0 Å². The fourth-order valence-corrected chi connectivity index (χ4v) is 1.14. The molecule has 0 aliphatic carbocycles. The summed E-state index contributed by atoms with van der Waals surface area (Å²) >= 11 is 0. The second-order valence-electron chi connectivity index (χ2n) is 3.59. The maximum atomic E-state index is 11.0. The van der Waals surface area contributed by atoms with E-state index < -0.39 is 0 Å². The number of hydrogen-bond acceptors (Lipinski definition) is 1. The minimum absolute atomic E-state index is 0.128. The normalized spacial score (nSPS) is 30.7. The fraction of sp³-hybridized carbons (Fsp3) is 0.667. The average Bonchev–Trinajstić information content (AvgIpc) is 1.86. The molecule has 1 aliphatic heterocycles. The number of hydrogen-bond donors (Lipinski definition) is 1. The van der Waals surface area contributed by atoms with Crippen LogP contribution in [-0.2, 0) is 4.79 Å². The van der Waals surface area contributed by atoms with Crippen molar-refractivity contribution >= 4 is 5.91 Å². The molecule has 0 saturated carbocycles. The topological polar surface area (TPSA) is 29.1 Å². The van der Waals surface area contributed by atoms with Gasteiger partial charge in [-0.25, -0.2) is 0 Å². The van der Waals surface area contributed by atoms with Gasteiger partial charge in [-0.3, -0.25) is 4.79 Å². The van der Waals surface area contributed by atoms with E-state index in [2.05, 4.69) is 25.2 Å². The molecule has 2 heteroatoms. The molecule has 62 valence electrons. The largest absolute Gasteiger partial charge is 0.347 e. The van der Waals surface area contributed by atoms with Gasteiger partial charge in [0.15, 0.2) is 0 Å². The molecule has 11 heavy (non-hydrogen) atoms. The Labute approximate surface area is 67.7 Å². The Morgan fingerprint density at radius 2 is 2.27 bits per heavy atom. The third kappa shape index (κ3) is 1.62. The molecule has 0 fully saturated rings. The summed E-state index contributed by atoms with van der Waals surface area (Å²) in [5.41, 5.74) is -0.130. The highest BCUT2D eigenvalue weighted by Gasteiger charge is 2.28. The summed E-state index contributed by atoms with van der Waals surface area (Å²) in [5, 5.41) is 2.97. The molecule has 1 aliphatic rings. The lowest BCUT2D eigenvalue weighted by atomic mass is 9.86. The van der Waals surface area contributed by atoms with Gasteiger partial charge in [0.25, 0.3) is 0 Å². The standard InChI is InChI=1S/C9H15NO/c1-7(2)9(3)6-4-5-8(11)10-9/h4,6-7H,5H2,1-3H3,(H,10,11). The number of carbonyl (C=O) groups excluding carboxylic acids is 1. The van der Waals surface area contributed by atoms with Gasteiger partial charge in [-0.15, -0.1) is 0 Å². The quantitative estimate of drug-likeness (QED) is 0.568. The molecule has 2 nitrogen and oxygen atoms in total. The maximum Gasteiger partial charge on any atom is 0.224 e. The van der Waals surface area contributed by atoms with E-state index >= 15 is 0 Å². The molecule has 1 amide bonds. The van der Waals surface area contributed by atoms with Crippen LogP contribution in [0.4, 0.5) is 0 Å². The summed E-state index contributed by atoms with van der Waals surface area (Å²) in [4.78, 5) is 11.0. The molecule has 1 unspecified atom stereocenters.